The Balaban J connectivity index is 1.31. The van der Waals surface area contributed by atoms with Gasteiger partial charge in [-0.2, -0.15) is 0 Å². The van der Waals surface area contributed by atoms with Gasteiger partial charge in [0.2, 0.25) is 0 Å². The topological polar surface area (TPSA) is 65.1 Å². The van der Waals surface area contributed by atoms with Gasteiger partial charge in [-0.3, -0.25) is 14.5 Å². The standard InChI is InChI=1S/C36H59N2O5/c1-6-17-38(18-9-7-8-10-19-38)32-23-30-28-12-11-27-22-33(42-25(2)39)31(37-15-20-41-21-16-37)24-36(27,5)29(28)13-14-35(30,4)34(32)43-26(3)40/h6,27-34H,1,7-24H2,2-5H3/q+1/t27-,28?,29?,30?,31-,32-,33-,34-,35-,36-/m0/s1. The van der Waals surface area contributed by atoms with Crippen LogP contribution in [0.15, 0.2) is 12.7 Å². The maximum atomic E-state index is 12.7. The predicted molar refractivity (Wildman–Crippen MR) is 167 cm³/mol. The molecule has 0 amide bonds. The minimum Gasteiger partial charge on any atom is -0.461 e. The summed E-state index contributed by atoms with van der Waals surface area (Å²) < 4.78 is 19.3. The first-order chi connectivity index (χ1) is 20.6. The number of carbonyl (C=O) groups excluding carboxylic acids is 2. The molecule has 0 N–H and O–H groups in total. The zero-order valence-corrected chi connectivity index (χ0v) is 27.6. The number of esters is 2. The molecular weight excluding hydrogens is 540 g/mol. The molecule has 6 fully saturated rings. The van der Waals surface area contributed by atoms with Gasteiger partial charge in [-0.05, 0) is 99.4 Å². The van der Waals surface area contributed by atoms with E-state index in [0.29, 0.717) is 29.7 Å². The first-order valence-corrected chi connectivity index (χ1v) is 17.7. The van der Waals surface area contributed by atoms with Crippen molar-refractivity contribution < 1.29 is 28.3 Å². The predicted octanol–water partition coefficient (Wildman–Crippen LogP) is 5.76. The highest BCUT2D eigenvalue weighted by atomic mass is 16.5. The van der Waals surface area contributed by atoms with Crippen LogP contribution < -0.4 is 0 Å². The van der Waals surface area contributed by atoms with Crippen molar-refractivity contribution in [1.29, 1.82) is 0 Å². The van der Waals surface area contributed by atoms with E-state index >= 15 is 0 Å². The van der Waals surface area contributed by atoms with Crippen LogP contribution in [0.5, 0.6) is 0 Å². The van der Waals surface area contributed by atoms with Gasteiger partial charge in [-0.25, -0.2) is 0 Å². The van der Waals surface area contributed by atoms with Crippen molar-refractivity contribution in [1.82, 2.24) is 4.90 Å². The van der Waals surface area contributed by atoms with Gasteiger partial charge in [-0.1, -0.05) is 20.4 Å². The Morgan fingerprint density at radius 3 is 2.28 bits per heavy atom. The Labute approximate surface area is 260 Å². The quantitative estimate of drug-likeness (QED) is 0.220. The molecular formula is C36H59N2O5+. The highest BCUT2D eigenvalue weighted by Crippen LogP contribution is 2.67. The van der Waals surface area contributed by atoms with Crippen molar-refractivity contribution in [2.45, 2.75) is 123 Å². The average Bonchev–Trinajstić information content (AvgIpc) is 3.10. The molecule has 0 aromatic carbocycles. The molecule has 43 heavy (non-hydrogen) atoms. The van der Waals surface area contributed by atoms with Crippen LogP contribution in [0.1, 0.15) is 98.3 Å². The zero-order chi connectivity index (χ0) is 30.4. The molecule has 4 saturated carbocycles. The first-order valence-electron chi connectivity index (χ1n) is 17.7. The molecule has 0 spiro atoms. The molecule has 0 aromatic heterocycles. The van der Waals surface area contributed by atoms with Crippen LogP contribution in [0, 0.1) is 34.5 Å². The second kappa shape index (κ2) is 12.4. The number of rotatable bonds is 6. The fourth-order valence-electron chi connectivity index (χ4n) is 12.0. The van der Waals surface area contributed by atoms with E-state index in [2.05, 4.69) is 31.4 Å². The fraction of sp³-hybridized carbons (Fsp3) is 0.889. The van der Waals surface area contributed by atoms with Crippen molar-refractivity contribution in [3.8, 4) is 0 Å². The SMILES string of the molecule is C=CC[N+]1([C@H]2CC3C4CC[C@H]5C[C@H](OC(C)=O)[C@@H](N6CCOCC6)C[C@]5(C)C4CC[C@]3(C)[C@H]2OC(C)=O)CCCCCC1. The molecule has 2 saturated heterocycles. The van der Waals surface area contributed by atoms with Crippen molar-refractivity contribution in [3.63, 3.8) is 0 Å². The summed E-state index contributed by atoms with van der Waals surface area (Å²) in [5.74, 6) is 2.24. The highest BCUT2D eigenvalue weighted by Gasteiger charge is 2.67. The Kier molecular flexibility index (Phi) is 9.09. The lowest BCUT2D eigenvalue weighted by Crippen LogP contribution is -2.62. The van der Waals surface area contributed by atoms with Gasteiger partial charge in [0.25, 0.3) is 0 Å². The van der Waals surface area contributed by atoms with Gasteiger partial charge in [0, 0.05) is 44.8 Å². The fourth-order valence-corrected chi connectivity index (χ4v) is 12.0. The smallest absolute Gasteiger partial charge is 0.303 e. The summed E-state index contributed by atoms with van der Waals surface area (Å²) in [6.07, 6.45) is 15.3. The number of hydrogen-bond donors (Lipinski definition) is 0. The lowest BCUT2D eigenvalue weighted by atomic mass is 9.44. The molecule has 7 heteroatoms. The maximum Gasteiger partial charge on any atom is 0.303 e. The van der Waals surface area contributed by atoms with E-state index in [-0.39, 0.29) is 41.0 Å². The van der Waals surface area contributed by atoms with Crippen molar-refractivity contribution in [3.05, 3.63) is 12.7 Å². The molecule has 6 rings (SSSR count). The second-order valence-electron chi connectivity index (χ2n) is 15.9. The number of quaternary nitrogens is 1. The van der Waals surface area contributed by atoms with Crippen LogP contribution in [-0.2, 0) is 23.8 Å². The third-order valence-electron chi connectivity index (χ3n) is 13.9. The molecule has 2 heterocycles. The number of likely N-dealkylation sites (tertiary alicyclic amines) is 1. The summed E-state index contributed by atoms with van der Waals surface area (Å²) in [6.45, 7) is 19.2. The summed E-state index contributed by atoms with van der Waals surface area (Å²) in [7, 11) is 0. The lowest BCUT2D eigenvalue weighted by molar-refractivity contribution is -0.948. The molecule has 2 aliphatic heterocycles. The Morgan fingerprint density at radius 2 is 1.63 bits per heavy atom. The van der Waals surface area contributed by atoms with E-state index in [1.807, 2.05) is 0 Å². The number of carbonyl (C=O) groups is 2. The molecule has 242 valence electrons. The summed E-state index contributed by atoms with van der Waals surface area (Å²) in [5, 5.41) is 0. The lowest BCUT2D eigenvalue weighted by Gasteiger charge is -2.62. The van der Waals surface area contributed by atoms with E-state index < -0.39 is 0 Å². The first kappa shape index (κ1) is 31.5. The van der Waals surface area contributed by atoms with Crippen LogP contribution in [0.2, 0.25) is 0 Å². The molecule has 6 aliphatic rings. The Morgan fingerprint density at radius 1 is 0.930 bits per heavy atom. The highest BCUT2D eigenvalue weighted by molar-refractivity contribution is 5.66. The van der Waals surface area contributed by atoms with Gasteiger partial charge in [-0.15, -0.1) is 0 Å². The van der Waals surface area contributed by atoms with E-state index in [1.165, 1.54) is 64.5 Å². The minimum absolute atomic E-state index is 0.0136. The zero-order valence-electron chi connectivity index (χ0n) is 27.6. The third-order valence-corrected chi connectivity index (χ3v) is 13.9. The van der Waals surface area contributed by atoms with Gasteiger partial charge >= 0.3 is 11.9 Å². The van der Waals surface area contributed by atoms with Gasteiger partial charge in [0.15, 0.2) is 6.10 Å². The maximum absolute atomic E-state index is 12.7. The van der Waals surface area contributed by atoms with Crippen LogP contribution in [-0.4, -0.2) is 91.6 Å². The van der Waals surface area contributed by atoms with Gasteiger partial charge in [0.1, 0.15) is 12.1 Å². The average molecular weight is 600 g/mol. The number of morpholine rings is 1. The van der Waals surface area contributed by atoms with E-state index in [9.17, 15) is 9.59 Å². The van der Waals surface area contributed by atoms with Gasteiger partial charge in [0.05, 0.1) is 32.8 Å². The normalized spacial score (nSPS) is 44.7. The molecule has 3 unspecified atom stereocenters. The van der Waals surface area contributed by atoms with E-state index in [4.69, 9.17) is 14.2 Å². The summed E-state index contributed by atoms with van der Waals surface area (Å²) in [5.41, 5.74) is 0.257. The van der Waals surface area contributed by atoms with Crippen molar-refractivity contribution >= 4 is 11.9 Å². The van der Waals surface area contributed by atoms with Crippen molar-refractivity contribution in [2.24, 2.45) is 34.5 Å². The summed E-state index contributed by atoms with van der Waals surface area (Å²) in [6, 6.07) is 0.629. The third kappa shape index (κ3) is 5.62. The largest absolute Gasteiger partial charge is 0.461 e. The van der Waals surface area contributed by atoms with E-state index in [1.54, 1.807) is 13.8 Å². The second-order valence-corrected chi connectivity index (χ2v) is 15.9. The van der Waals surface area contributed by atoms with Crippen LogP contribution >= 0.6 is 0 Å². The summed E-state index contributed by atoms with van der Waals surface area (Å²) >= 11 is 0. The van der Waals surface area contributed by atoms with Crippen LogP contribution in [0.4, 0.5) is 0 Å². The number of hydrogen-bond acceptors (Lipinski definition) is 6. The molecule has 0 radical (unpaired) electrons. The monoisotopic (exact) mass is 599 g/mol. The van der Waals surface area contributed by atoms with Crippen LogP contribution in [0.3, 0.4) is 0 Å². The molecule has 7 nitrogen and oxygen atoms in total. The number of nitrogens with zero attached hydrogens (tertiary/aromatic N) is 2. The molecule has 0 aromatic rings. The molecule has 10 atom stereocenters. The number of ether oxygens (including phenoxy) is 3. The van der Waals surface area contributed by atoms with Gasteiger partial charge < -0.3 is 18.7 Å². The van der Waals surface area contributed by atoms with E-state index in [0.717, 1.165) is 56.6 Å². The minimum atomic E-state index is -0.146. The van der Waals surface area contributed by atoms with Crippen molar-refractivity contribution in [2.75, 3.05) is 45.9 Å². The summed E-state index contributed by atoms with van der Waals surface area (Å²) in [4.78, 5) is 27.5. The molecule has 0 bridgehead atoms. The Hall–Kier alpha value is -1.44. The number of fused-ring (bicyclic) bond motifs is 5. The Bertz CT molecular complexity index is 1030. The molecule has 4 aliphatic carbocycles. The van der Waals surface area contributed by atoms with Crippen LogP contribution in [0.25, 0.3) is 0 Å².